The molecule has 4 rings (SSSR count). The van der Waals surface area contributed by atoms with Gasteiger partial charge < -0.3 is 10.2 Å². The minimum absolute atomic E-state index is 0.0862. The topological polar surface area (TPSA) is 40.5 Å². The van der Waals surface area contributed by atoms with Crippen LogP contribution < -0.4 is 0 Å². The van der Waals surface area contributed by atoms with E-state index in [1.54, 1.807) is 0 Å². The first-order valence-electron chi connectivity index (χ1n) is 8.72. The molecule has 4 aliphatic carbocycles. The first kappa shape index (κ1) is 14.0. The van der Waals surface area contributed by atoms with Crippen LogP contribution in [0.1, 0.15) is 52.4 Å². The zero-order chi connectivity index (χ0) is 14.8. The second-order valence-corrected chi connectivity index (χ2v) is 8.38. The third-order valence-electron chi connectivity index (χ3n) is 7.61. The zero-order valence-corrected chi connectivity index (χ0v) is 13.3. The highest BCUT2D eigenvalue weighted by Gasteiger charge is 2.58. The van der Waals surface area contributed by atoms with E-state index in [0.29, 0.717) is 11.8 Å². The molecule has 116 valence electrons. The Labute approximate surface area is 127 Å². The first-order valence-corrected chi connectivity index (χ1v) is 8.72. The lowest BCUT2D eigenvalue weighted by Crippen LogP contribution is -2.50. The maximum Gasteiger partial charge on any atom is 0.0905 e. The molecule has 0 radical (unpaired) electrons. The zero-order valence-electron chi connectivity index (χ0n) is 13.3. The van der Waals surface area contributed by atoms with Gasteiger partial charge in [-0.25, -0.2) is 0 Å². The molecule has 0 aliphatic heterocycles. The predicted octanol–water partition coefficient (Wildman–Crippen LogP) is 3.45. The van der Waals surface area contributed by atoms with Crippen molar-refractivity contribution < 1.29 is 10.2 Å². The largest absolute Gasteiger partial charge is 0.393 e. The van der Waals surface area contributed by atoms with Crippen molar-refractivity contribution in [3.63, 3.8) is 0 Å². The van der Waals surface area contributed by atoms with Gasteiger partial charge in [0.05, 0.1) is 12.2 Å². The number of allylic oxidation sites excluding steroid dienone is 2. The van der Waals surface area contributed by atoms with Crippen LogP contribution in [0.5, 0.6) is 0 Å². The summed E-state index contributed by atoms with van der Waals surface area (Å²) in [7, 11) is 0. The number of hydrogen-bond acceptors (Lipinski definition) is 2. The average Bonchev–Trinajstić information content (AvgIpc) is 2.76. The summed E-state index contributed by atoms with van der Waals surface area (Å²) in [6.45, 7) is 4.71. The van der Waals surface area contributed by atoms with Gasteiger partial charge in [-0.15, -0.1) is 0 Å². The minimum atomic E-state index is -0.383. The number of hydrogen-bond donors (Lipinski definition) is 2. The van der Waals surface area contributed by atoms with Gasteiger partial charge >= 0.3 is 0 Å². The van der Waals surface area contributed by atoms with Crippen LogP contribution in [0.4, 0.5) is 0 Å². The van der Waals surface area contributed by atoms with Crippen molar-refractivity contribution >= 4 is 0 Å². The van der Waals surface area contributed by atoms with Crippen LogP contribution in [0.3, 0.4) is 0 Å². The van der Waals surface area contributed by atoms with Gasteiger partial charge in [-0.05, 0) is 61.7 Å². The summed E-state index contributed by atoms with van der Waals surface area (Å²) in [5, 5.41) is 20.3. The van der Waals surface area contributed by atoms with Crippen LogP contribution in [0.25, 0.3) is 0 Å². The van der Waals surface area contributed by atoms with Crippen LogP contribution in [-0.2, 0) is 0 Å². The molecule has 0 aromatic carbocycles. The molecular formula is C19H28O2. The highest BCUT2D eigenvalue weighted by Crippen LogP contribution is 2.64. The lowest BCUT2D eigenvalue weighted by molar-refractivity contribution is -0.0620. The molecule has 2 N–H and O–H groups in total. The van der Waals surface area contributed by atoms with Crippen LogP contribution in [0, 0.1) is 28.6 Å². The predicted molar refractivity (Wildman–Crippen MR) is 83.6 cm³/mol. The molecule has 21 heavy (non-hydrogen) atoms. The van der Waals surface area contributed by atoms with Gasteiger partial charge in [0.25, 0.3) is 0 Å². The molecule has 3 saturated carbocycles. The maximum absolute atomic E-state index is 10.4. The molecular weight excluding hydrogens is 260 g/mol. The maximum atomic E-state index is 10.4. The van der Waals surface area contributed by atoms with Crippen molar-refractivity contribution in [3.8, 4) is 0 Å². The van der Waals surface area contributed by atoms with E-state index in [2.05, 4.69) is 26.0 Å². The average molecular weight is 288 g/mol. The number of aliphatic hydroxyl groups excluding tert-OH is 2. The van der Waals surface area contributed by atoms with Gasteiger partial charge in [0.15, 0.2) is 0 Å². The van der Waals surface area contributed by atoms with Crippen molar-refractivity contribution in [1.82, 2.24) is 0 Å². The molecule has 2 heteroatoms. The van der Waals surface area contributed by atoms with E-state index in [1.165, 1.54) is 31.3 Å². The third-order valence-corrected chi connectivity index (χ3v) is 7.61. The Bertz CT molecular complexity index is 508. The Morgan fingerprint density at radius 1 is 1.05 bits per heavy atom. The fourth-order valence-corrected chi connectivity index (χ4v) is 6.29. The second kappa shape index (κ2) is 4.45. The molecule has 2 nitrogen and oxygen atoms in total. The van der Waals surface area contributed by atoms with Gasteiger partial charge in [0, 0.05) is 5.41 Å². The van der Waals surface area contributed by atoms with Crippen molar-refractivity contribution in [1.29, 1.82) is 0 Å². The van der Waals surface area contributed by atoms with E-state index >= 15 is 0 Å². The fraction of sp³-hybridized carbons (Fsp3) is 0.789. The molecule has 0 amide bonds. The van der Waals surface area contributed by atoms with E-state index in [0.717, 1.165) is 18.8 Å². The Kier molecular flexibility index (Phi) is 2.97. The van der Waals surface area contributed by atoms with Gasteiger partial charge in [-0.1, -0.05) is 37.6 Å². The number of rotatable bonds is 0. The molecule has 7 atom stereocenters. The van der Waals surface area contributed by atoms with E-state index in [9.17, 15) is 10.2 Å². The summed E-state index contributed by atoms with van der Waals surface area (Å²) in [4.78, 5) is 0. The Morgan fingerprint density at radius 2 is 1.86 bits per heavy atom. The molecule has 0 spiro atoms. The summed E-state index contributed by atoms with van der Waals surface area (Å²) < 4.78 is 0. The Balaban J connectivity index is 1.69. The molecule has 4 aliphatic rings. The summed E-state index contributed by atoms with van der Waals surface area (Å²) in [6.07, 6.45) is 12.9. The molecule has 0 aromatic heterocycles. The van der Waals surface area contributed by atoms with Crippen LogP contribution >= 0.6 is 0 Å². The Morgan fingerprint density at radius 3 is 2.67 bits per heavy atom. The van der Waals surface area contributed by atoms with E-state index < -0.39 is 0 Å². The lowest BCUT2D eigenvalue weighted by Gasteiger charge is -2.56. The standard InChI is InChI=1S/C19H28O2/c1-18-9-7-13(20)11-12(18)3-4-14-15-5-6-17(21)19(15,2)10-8-16(14)18/h7,9,11,13-17,20-21H,3-6,8,10H2,1-2H3/t13-,14?,15?,16?,17+,18-,19-/m0/s1. The third kappa shape index (κ3) is 1.78. The van der Waals surface area contributed by atoms with Crippen molar-refractivity contribution in [2.75, 3.05) is 0 Å². The van der Waals surface area contributed by atoms with Gasteiger partial charge in [-0.2, -0.15) is 0 Å². The van der Waals surface area contributed by atoms with Crippen LogP contribution in [-0.4, -0.2) is 22.4 Å². The molecule has 3 fully saturated rings. The minimum Gasteiger partial charge on any atom is -0.393 e. The molecule has 0 heterocycles. The first-order chi connectivity index (χ1) is 9.95. The van der Waals surface area contributed by atoms with Gasteiger partial charge in [0.2, 0.25) is 0 Å². The second-order valence-electron chi connectivity index (χ2n) is 8.38. The van der Waals surface area contributed by atoms with E-state index in [-0.39, 0.29) is 23.0 Å². The summed E-state index contributed by atoms with van der Waals surface area (Å²) in [6, 6.07) is 0. The van der Waals surface area contributed by atoms with Gasteiger partial charge in [-0.3, -0.25) is 0 Å². The summed E-state index contributed by atoms with van der Waals surface area (Å²) >= 11 is 0. The van der Waals surface area contributed by atoms with Crippen LogP contribution in [0.15, 0.2) is 23.8 Å². The smallest absolute Gasteiger partial charge is 0.0905 e. The summed E-state index contributed by atoms with van der Waals surface area (Å²) in [5.41, 5.74) is 1.77. The SMILES string of the molecule is C[C@]12C=C[C@H](O)C=C1CCC1C2CC[C@@]2(C)C1CC[C@H]2O. The molecule has 0 saturated heterocycles. The van der Waals surface area contributed by atoms with Crippen molar-refractivity contribution in [2.24, 2.45) is 28.6 Å². The quantitative estimate of drug-likeness (QED) is 0.670. The molecule has 0 bridgehead atoms. The van der Waals surface area contributed by atoms with E-state index in [1.807, 2.05) is 6.08 Å². The summed E-state index contributed by atoms with van der Waals surface area (Å²) in [5.74, 6) is 2.15. The monoisotopic (exact) mass is 288 g/mol. The Hall–Kier alpha value is -0.600. The molecule has 0 aromatic rings. The van der Waals surface area contributed by atoms with Gasteiger partial charge in [0.1, 0.15) is 0 Å². The van der Waals surface area contributed by atoms with E-state index in [4.69, 9.17) is 0 Å². The van der Waals surface area contributed by atoms with Crippen LogP contribution in [0.2, 0.25) is 0 Å². The highest BCUT2D eigenvalue weighted by molar-refractivity contribution is 5.33. The van der Waals surface area contributed by atoms with Crippen molar-refractivity contribution in [2.45, 2.75) is 64.6 Å². The fourth-order valence-electron chi connectivity index (χ4n) is 6.29. The normalized spacial score (nSPS) is 55.4. The molecule has 3 unspecified atom stereocenters. The number of fused-ring (bicyclic) bond motifs is 5. The van der Waals surface area contributed by atoms with Crippen molar-refractivity contribution in [3.05, 3.63) is 23.8 Å². The number of aliphatic hydroxyl groups is 2. The highest BCUT2D eigenvalue weighted by atomic mass is 16.3. The lowest BCUT2D eigenvalue weighted by atomic mass is 9.48.